The number of sulfonamides is 1. The fourth-order valence-corrected chi connectivity index (χ4v) is 5.28. The van der Waals surface area contributed by atoms with Gasteiger partial charge in [-0.25, -0.2) is 8.42 Å². The van der Waals surface area contributed by atoms with Gasteiger partial charge in [0.15, 0.2) is 5.41 Å². The van der Waals surface area contributed by atoms with Crippen molar-refractivity contribution < 1.29 is 27.5 Å². The predicted octanol–water partition coefficient (Wildman–Crippen LogP) is 3.42. The number of hydrogen-bond acceptors (Lipinski definition) is 6. The van der Waals surface area contributed by atoms with Gasteiger partial charge in [-0.3, -0.25) is 13.9 Å². The van der Waals surface area contributed by atoms with Crippen molar-refractivity contribution in [3.63, 3.8) is 0 Å². The average molecular weight is 458 g/mol. The molecular formula is C24H27NO6S. The first kappa shape index (κ1) is 23.5. The first-order valence-electron chi connectivity index (χ1n) is 10.4. The van der Waals surface area contributed by atoms with Crippen LogP contribution in [0.15, 0.2) is 65.6 Å². The van der Waals surface area contributed by atoms with E-state index >= 15 is 0 Å². The molecule has 2 aromatic rings. The maximum atomic E-state index is 13.6. The third kappa shape index (κ3) is 4.02. The highest BCUT2D eigenvalue weighted by atomic mass is 32.2. The molecule has 32 heavy (non-hydrogen) atoms. The quantitative estimate of drug-likeness (QED) is 0.375. The number of carbonyl (C=O) groups is 2. The number of rotatable bonds is 6. The van der Waals surface area contributed by atoms with Crippen LogP contribution in [0.4, 0.5) is 5.69 Å². The molecule has 3 rings (SSSR count). The van der Waals surface area contributed by atoms with Crippen molar-refractivity contribution in [2.45, 2.75) is 32.1 Å². The number of aryl methyl sites for hydroxylation is 1. The predicted molar refractivity (Wildman–Crippen MR) is 121 cm³/mol. The summed E-state index contributed by atoms with van der Waals surface area (Å²) < 4.78 is 38.9. The molecule has 0 amide bonds. The van der Waals surface area contributed by atoms with Gasteiger partial charge in [0.1, 0.15) is 0 Å². The van der Waals surface area contributed by atoms with Gasteiger partial charge in [-0.15, -0.1) is 0 Å². The zero-order valence-electron chi connectivity index (χ0n) is 18.5. The number of fused-ring (bicyclic) bond motifs is 1. The van der Waals surface area contributed by atoms with E-state index in [1.165, 1.54) is 16.4 Å². The molecular weight excluding hydrogens is 430 g/mol. The van der Waals surface area contributed by atoms with Gasteiger partial charge in [0.2, 0.25) is 0 Å². The monoisotopic (exact) mass is 457 g/mol. The lowest BCUT2D eigenvalue weighted by atomic mass is 9.76. The molecule has 0 aliphatic carbocycles. The fourth-order valence-electron chi connectivity index (χ4n) is 3.78. The van der Waals surface area contributed by atoms with E-state index < -0.39 is 27.4 Å². The zero-order valence-corrected chi connectivity index (χ0v) is 19.3. The Kier molecular flexibility index (Phi) is 6.74. The number of hydrogen-bond donors (Lipinski definition) is 0. The number of benzene rings is 2. The number of anilines is 1. The molecule has 0 aromatic heterocycles. The van der Waals surface area contributed by atoms with Gasteiger partial charge >= 0.3 is 11.9 Å². The van der Waals surface area contributed by atoms with E-state index in [1.54, 1.807) is 50.2 Å². The van der Waals surface area contributed by atoms with Crippen molar-refractivity contribution in [2.75, 3.05) is 24.1 Å². The maximum Gasteiger partial charge on any atom is 0.328 e. The highest BCUT2D eigenvalue weighted by molar-refractivity contribution is 7.92. The Labute approximate surface area is 188 Å². The van der Waals surface area contributed by atoms with Crippen LogP contribution < -0.4 is 4.31 Å². The molecule has 0 radical (unpaired) electrons. The molecule has 8 heteroatoms. The van der Waals surface area contributed by atoms with Gasteiger partial charge in [-0.05, 0) is 50.1 Å². The van der Waals surface area contributed by atoms with Gasteiger partial charge in [0, 0.05) is 6.42 Å². The summed E-state index contributed by atoms with van der Waals surface area (Å²) in [4.78, 5) is 26.3. The molecule has 0 spiro atoms. The van der Waals surface area contributed by atoms with Crippen LogP contribution >= 0.6 is 0 Å². The Morgan fingerprint density at radius 2 is 1.56 bits per heavy atom. The summed E-state index contributed by atoms with van der Waals surface area (Å²) in [5.74, 6) is -1.60. The SMILES string of the molecule is C=C1CN(S(=O)(=O)c2ccc(C)cc2)c2ccccc2CC1(C(=O)OCC)C(=O)OCC. The van der Waals surface area contributed by atoms with E-state index in [0.29, 0.717) is 11.3 Å². The van der Waals surface area contributed by atoms with Crippen molar-refractivity contribution >= 4 is 27.6 Å². The molecule has 0 saturated heterocycles. The second kappa shape index (κ2) is 9.16. The summed E-state index contributed by atoms with van der Waals surface area (Å²) in [5.41, 5.74) is 0.0573. The highest BCUT2D eigenvalue weighted by Crippen LogP contribution is 2.42. The van der Waals surface area contributed by atoms with Crippen LogP contribution in [0.25, 0.3) is 0 Å². The van der Waals surface area contributed by atoms with E-state index in [9.17, 15) is 18.0 Å². The van der Waals surface area contributed by atoms with Crippen molar-refractivity contribution in [3.05, 3.63) is 71.8 Å². The molecule has 0 N–H and O–H groups in total. The minimum Gasteiger partial charge on any atom is -0.465 e. The second-order valence-corrected chi connectivity index (χ2v) is 9.44. The number of carbonyl (C=O) groups excluding carboxylic acids is 2. The van der Waals surface area contributed by atoms with Crippen LogP contribution in [-0.4, -0.2) is 40.1 Å². The van der Waals surface area contributed by atoms with Crippen molar-refractivity contribution in [1.29, 1.82) is 0 Å². The van der Waals surface area contributed by atoms with E-state index in [4.69, 9.17) is 9.47 Å². The van der Waals surface area contributed by atoms with Gasteiger partial charge in [-0.1, -0.05) is 42.5 Å². The van der Waals surface area contributed by atoms with Gasteiger partial charge in [-0.2, -0.15) is 0 Å². The Morgan fingerprint density at radius 3 is 2.12 bits per heavy atom. The van der Waals surface area contributed by atoms with Crippen molar-refractivity contribution in [3.8, 4) is 0 Å². The first-order valence-corrected chi connectivity index (χ1v) is 11.8. The number of nitrogens with zero attached hydrogens (tertiary/aromatic N) is 1. The maximum absolute atomic E-state index is 13.6. The molecule has 1 aliphatic rings. The number of esters is 2. The Morgan fingerprint density at radius 1 is 1.00 bits per heavy atom. The molecule has 0 atom stereocenters. The molecule has 0 fully saturated rings. The standard InChI is InChI=1S/C24H27NO6S/c1-5-30-22(26)24(23(27)31-6-2)15-19-9-7-8-10-21(19)25(16-18(24)4)32(28,29)20-13-11-17(3)12-14-20/h7-14H,4-6,15-16H2,1-3H3. The number of ether oxygens (including phenoxy) is 2. The topological polar surface area (TPSA) is 90.0 Å². The largest absolute Gasteiger partial charge is 0.465 e. The third-order valence-electron chi connectivity index (χ3n) is 5.51. The summed E-state index contributed by atoms with van der Waals surface area (Å²) in [6, 6.07) is 13.3. The molecule has 7 nitrogen and oxygen atoms in total. The van der Waals surface area contributed by atoms with E-state index in [-0.39, 0.29) is 36.6 Å². The van der Waals surface area contributed by atoms with Crippen LogP contribution in [0.3, 0.4) is 0 Å². The average Bonchev–Trinajstić information content (AvgIpc) is 2.90. The molecule has 0 saturated carbocycles. The van der Waals surface area contributed by atoms with E-state index in [0.717, 1.165) is 5.56 Å². The lowest BCUT2D eigenvalue weighted by Gasteiger charge is -2.30. The number of para-hydroxylation sites is 1. The summed E-state index contributed by atoms with van der Waals surface area (Å²) in [6.45, 7) is 8.96. The van der Waals surface area contributed by atoms with Crippen LogP contribution in [0, 0.1) is 12.3 Å². The summed E-state index contributed by atoms with van der Waals surface area (Å²) >= 11 is 0. The normalized spacial score (nSPS) is 15.5. The van der Waals surface area contributed by atoms with Gasteiger partial charge in [0.05, 0.1) is 30.3 Å². The smallest absolute Gasteiger partial charge is 0.328 e. The zero-order chi connectivity index (χ0) is 23.5. The minimum atomic E-state index is -4.01. The Bertz CT molecular complexity index is 1120. The first-order chi connectivity index (χ1) is 15.2. The highest BCUT2D eigenvalue weighted by Gasteiger charge is 2.54. The van der Waals surface area contributed by atoms with Crippen LogP contribution in [0.1, 0.15) is 25.0 Å². The Balaban J connectivity index is 2.20. The van der Waals surface area contributed by atoms with Gasteiger partial charge < -0.3 is 9.47 Å². The Hall–Kier alpha value is -3.13. The minimum absolute atomic E-state index is 0.0558. The molecule has 1 heterocycles. The molecule has 0 unspecified atom stereocenters. The van der Waals surface area contributed by atoms with E-state index in [1.807, 2.05) is 6.92 Å². The van der Waals surface area contributed by atoms with Crippen LogP contribution in [0.2, 0.25) is 0 Å². The molecule has 170 valence electrons. The van der Waals surface area contributed by atoms with Gasteiger partial charge in [0.25, 0.3) is 10.0 Å². The summed E-state index contributed by atoms with van der Waals surface area (Å²) in [6.07, 6.45) is -0.112. The molecule has 1 aliphatic heterocycles. The van der Waals surface area contributed by atoms with Crippen LogP contribution in [0.5, 0.6) is 0 Å². The molecule has 2 aromatic carbocycles. The third-order valence-corrected chi connectivity index (χ3v) is 7.28. The van der Waals surface area contributed by atoms with Crippen LogP contribution in [-0.2, 0) is 35.5 Å². The lowest BCUT2D eigenvalue weighted by Crippen LogP contribution is -2.47. The van der Waals surface area contributed by atoms with E-state index in [2.05, 4.69) is 6.58 Å². The summed E-state index contributed by atoms with van der Waals surface area (Å²) in [7, 11) is -4.01. The summed E-state index contributed by atoms with van der Waals surface area (Å²) in [5, 5.41) is 0. The fraction of sp³-hybridized carbons (Fsp3) is 0.333. The lowest BCUT2D eigenvalue weighted by molar-refractivity contribution is -0.168. The van der Waals surface area contributed by atoms with Crippen molar-refractivity contribution in [2.24, 2.45) is 5.41 Å². The second-order valence-electron chi connectivity index (χ2n) is 7.58. The molecule has 0 bridgehead atoms. The van der Waals surface area contributed by atoms with Crippen molar-refractivity contribution in [1.82, 2.24) is 0 Å².